The number of ether oxygens (including phenoxy) is 1. The van der Waals surface area contributed by atoms with E-state index >= 15 is 0 Å². The first-order valence-corrected chi connectivity index (χ1v) is 9.97. The van der Waals surface area contributed by atoms with Crippen LogP contribution in [0.2, 0.25) is 0 Å². The van der Waals surface area contributed by atoms with Gasteiger partial charge in [0.05, 0.1) is 10.6 Å². The number of phenolic OH excluding ortho intramolecular Hbond substituents is 1. The van der Waals surface area contributed by atoms with Crippen molar-refractivity contribution >= 4 is 21.6 Å². The second-order valence-electron chi connectivity index (χ2n) is 6.40. The molecule has 0 radical (unpaired) electrons. The summed E-state index contributed by atoms with van der Waals surface area (Å²) in [5.74, 6) is -0.658. The minimum atomic E-state index is -3.62. The molecule has 1 aliphatic rings. The lowest BCUT2D eigenvalue weighted by Crippen LogP contribution is -2.35. The summed E-state index contributed by atoms with van der Waals surface area (Å²) in [6.45, 7) is 6.87. The third-order valence-corrected chi connectivity index (χ3v) is 6.03. The predicted molar refractivity (Wildman–Crippen MR) is 95.0 cm³/mol. The summed E-state index contributed by atoms with van der Waals surface area (Å²) in [4.78, 5) is 12.5. The third kappa shape index (κ3) is 4.50. The lowest BCUT2D eigenvalue weighted by atomic mass is 10.1. The van der Waals surface area contributed by atoms with E-state index in [0.717, 1.165) is 12.8 Å². The maximum absolute atomic E-state index is 12.6. The zero-order valence-corrected chi connectivity index (χ0v) is 15.7. The van der Waals surface area contributed by atoms with E-state index < -0.39 is 22.0 Å². The van der Waals surface area contributed by atoms with Crippen molar-refractivity contribution in [3.8, 4) is 5.75 Å². The number of nitrogens with one attached hydrogen (secondary N) is 1. The Morgan fingerprint density at radius 1 is 1.32 bits per heavy atom. The average molecular weight is 370 g/mol. The van der Waals surface area contributed by atoms with Gasteiger partial charge in [-0.15, -0.1) is 0 Å². The number of carbonyl (C=O) groups excluding carboxylic acids is 1. The second-order valence-corrected chi connectivity index (χ2v) is 8.34. The van der Waals surface area contributed by atoms with E-state index in [-0.39, 0.29) is 22.3 Å². The molecule has 1 atom stereocenters. The van der Waals surface area contributed by atoms with Gasteiger partial charge >= 0.3 is 0 Å². The Kier molecular flexibility index (Phi) is 6.42. The highest BCUT2D eigenvalue weighted by Crippen LogP contribution is 2.29. The molecule has 0 aromatic heterocycles. The Balaban J connectivity index is 2.25. The number of benzene rings is 1. The summed E-state index contributed by atoms with van der Waals surface area (Å²) in [5, 5.41) is 12.6. The lowest BCUT2D eigenvalue weighted by molar-refractivity contribution is -0.129. The van der Waals surface area contributed by atoms with Crippen LogP contribution in [0.25, 0.3) is 0 Å². The van der Waals surface area contributed by atoms with Crippen molar-refractivity contribution in [1.82, 2.24) is 4.31 Å². The summed E-state index contributed by atoms with van der Waals surface area (Å²) < 4.78 is 32.1. The first-order chi connectivity index (χ1) is 11.8. The summed E-state index contributed by atoms with van der Waals surface area (Å²) in [5.41, 5.74) is 0.0654. The van der Waals surface area contributed by atoms with E-state index in [0.29, 0.717) is 19.7 Å². The van der Waals surface area contributed by atoms with Crippen molar-refractivity contribution in [2.24, 2.45) is 5.92 Å². The van der Waals surface area contributed by atoms with Gasteiger partial charge < -0.3 is 15.2 Å². The quantitative estimate of drug-likeness (QED) is 0.717. The molecule has 0 saturated carbocycles. The Bertz CT molecular complexity index is 712. The maximum Gasteiger partial charge on any atom is 0.253 e. The molecule has 140 valence electrons. The normalized spacial score (nSPS) is 17.0. The molecule has 1 aliphatic heterocycles. The Hall–Kier alpha value is -1.64. The molecular formula is C17H26N2O5S. The summed E-state index contributed by atoms with van der Waals surface area (Å²) in [6.07, 6.45) is 1.000. The van der Waals surface area contributed by atoms with E-state index in [1.807, 2.05) is 13.8 Å². The second kappa shape index (κ2) is 8.16. The standard InChI is InChI=1S/C17H26N2O5S/c1-4-24-16(12(2)3)17(21)18-14-11-13(7-8-15(14)20)25(22,23)19-9-5-6-10-19/h7-8,11-12,16,20H,4-6,9-10H2,1-3H3,(H,18,21). The lowest BCUT2D eigenvalue weighted by Gasteiger charge is -2.21. The molecule has 0 aliphatic carbocycles. The molecular weight excluding hydrogens is 344 g/mol. The van der Waals surface area contributed by atoms with Crippen LogP contribution in [0.15, 0.2) is 23.1 Å². The number of rotatable bonds is 7. The van der Waals surface area contributed by atoms with Gasteiger partial charge in [-0.3, -0.25) is 4.79 Å². The number of nitrogens with zero attached hydrogens (tertiary/aromatic N) is 1. The fourth-order valence-electron chi connectivity index (χ4n) is 2.81. The smallest absolute Gasteiger partial charge is 0.253 e. The van der Waals surface area contributed by atoms with Gasteiger partial charge in [0, 0.05) is 19.7 Å². The van der Waals surface area contributed by atoms with Crippen LogP contribution < -0.4 is 5.32 Å². The molecule has 1 aromatic carbocycles. The number of hydrogen-bond donors (Lipinski definition) is 2. The number of hydrogen-bond acceptors (Lipinski definition) is 5. The largest absolute Gasteiger partial charge is 0.506 e. The maximum atomic E-state index is 12.6. The fourth-order valence-corrected chi connectivity index (χ4v) is 4.35. The van der Waals surface area contributed by atoms with Crippen LogP contribution in [0.4, 0.5) is 5.69 Å². The van der Waals surface area contributed by atoms with Crippen molar-refractivity contribution in [1.29, 1.82) is 0 Å². The number of carbonyl (C=O) groups is 1. The molecule has 7 nitrogen and oxygen atoms in total. The molecule has 2 N–H and O–H groups in total. The molecule has 1 saturated heterocycles. The number of amides is 1. The van der Waals surface area contributed by atoms with Gasteiger partial charge in [0.1, 0.15) is 11.9 Å². The number of phenols is 1. The van der Waals surface area contributed by atoms with Gasteiger partial charge in [0.2, 0.25) is 10.0 Å². The first kappa shape index (κ1) is 19.7. The van der Waals surface area contributed by atoms with Gasteiger partial charge in [-0.1, -0.05) is 13.8 Å². The van der Waals surface area contributed by atoms with Crippen molar-refractivity contribution in [2.75, 3.05) is 25.0 Å². The molecule has 2 rings (SSSR count). The first-order valence-electron chi connectivity index (χ1n) is 8.53. The monoisotopic (exact) mass is 370 g/mol. The van der Waals surface area contributed by atoms with Crippen LogP contribution >= 0.6 is 0 Å². The van der Waals surface area contributed by atoms with Crippen molar-refractivity contribution < 1.29 is 23.1 Å². The molecule has 1 amide bonds. The molecule has 1 heterocycles. The highest BCUT2D eigenvalue weighted by atomic mass is 32.2. The van der Waals surface area contributed by atoms with Crippen LogP contribution in [0.5, 0.6) is 5.75 Å². The van der Waals surface area contributed by atoms with Gasteiger partial charge in [0.25, 0.3) is 5.91 Å². The number of aromatic hydroxyl groups is 1. The minimum absolute atomic E-state index is 0.0556. The van der Waals surface area contributed by atoms with E-state index in [4.69, 9.17) is 4.74 Å². The number of sulfonamides is 1. The number of anilines is 1. The SMILES string of the molecule is CCOC(C(=O)Nc1cc(S(=O)(=O)N2CCCC2)ccc1O)C(C)C. The van der Waals surface area contributed by atoms with Crippen LogP contribution in [-0.2, 0) is 19.6 Å². The average Bonchev–Trinajstić information content (AvgIpc) is 3.09. The van der Waals surface area contributed by atoms with Crippen LogP contribution in [0, 0.1) is 5.92 Å². The zero-order chi connectivity index (χ0) is 18.6. The Labute approximate surface area is 149 Å². The molecule has 1 unspecified atom stereocenters. The van der Waals surface area contributed by atoms with Gasteiger partial charge in [-0.25, -0.2) is 8.42 Å². The highest BCUT2D eigenvalue weighted by molar-refractivity contribution is 7.89. The van der Waals surface area contributed by atoms with Crippen LogP contribution in [0.1, 0.15) is 33.6 Å². The van der Waals surface area contributed by atoms with Crippen molar-refractivity contribution in [3.63, 3.8) is 0 Å². The topological polar surface area (TPSA) is 95.9 Å². The van der Waals surface area contributed by atoms with Gasteiger partial charge in [0.15, 0.2) is 0 Å². The Morgan fingerprint density at radius 2 is 1.96 bits per heavy atom. The third-order valence-electron chi connectivity index (χ3n) is 4.14. The van der Waals surface area contributed by atoms with E-state index in [1.165, 1.54) is 22.5 Å². The van der Waals surface area contributed by atoms with E-state index in [9.17, 15) is 18.3 Å². The minimum Gasteiger partial charge on any atom is -0.506 e. The van der Waals surface area contributed by atoms with Gasteiger partial charge in [-0.05, 0) is 43.9 Å². The summed E-state index contributed by atoms with van der Waals surface area (Å²) >= 11 is 0. The molecule has 25 heavy (non-hydrogen) atoms. The van der Waals surface area contributed by atoms with Crippen LogP contribution in [-0.4, -0.2) is 49.5 Å². The molecule has 1 aromatic rings. The predicted octanol–water partition coefficient (Wildman–Crippen LogP) is 2.18. The van der Waals surface area contributed by atoms with Crippen molar-refractivity contribution in [3.05, 3.63) is 18.2 Å². The van der Waals surface area contributed by atoms with Gasteiger partial charge in [-0.2, -0.15) is 4.31 Å². The molecule has 0 spiro atoms. The molecule has 0 bridgehead atoms. The molecule has 1 fully saturated rings. The zero-order valence-electron chi connectivity index (χ0n) is 14.9. The van der Waals surface area contributed by atoms with Crippen LogP contribution in [0.3, 0.4) is 0 Å². The van der Waals surface area contributed by atoms with Crippen molar-refractivity contribution in [2.45, 2.75) is 44.6 Å². The fraction of sp³-hybridized carbons (Fsp3) is 0.588. The summed E-state index contributed by atoms with van der Waals surface area (Å²) in [7, 11) is -3.62. The summed E-state index contributed by atoms with van der Waals surface area (Å²) in [6, 6.07) is 3.93. The highest BCUT2D eigenvalue weighted by Gasteiger charge is 2.29. The van der Waals surface area contributed by atoms with E-state index in [2.05, 4.69) is 5.32 Å². The van der Waals surface area contributed by atoms with E-state index in [1.54, 1.807) is 6.92 Å². The Morgan fingerprint density at radius 3 is 2.52 bits per heavy atom. The molecule has 8 heteroatoms.